The lowest BCUT2D eigenvalue weighted by atomic mass is 9.96. The van der Waals surface area contributed by atoms with Gasteiger partial charge in [-0.05, 0) is 31.1 Å². The normalized spacial score (nSPS) is 19.4. The van der Waals surface area contributed by atoms with E-state index in [0.717, 1.165) is 25.9 Å². The summed E-state index contributed by atoms with van der Waals surface area (Å²) in [5.41, 5.74) is 0. The van der Waals surface area contributed by atoms with Gasteiger partial charge in [0.15, 0.2) is 0 Å². The molecule has 122 valence electrons. The maximum Gasteiger partial charge on any atom is 0.323 e. The third-order valence-electron chi connectivity index (χ3n) is 4.00. The number of carbonyl (C=O) groups excluding carboxylic acids is 1. The number of carbonyl (C=O) groups is 2. The maximum atomic E-state index is 12.6. The van der Waals surface area contributed by atoms with Crippen LogP contribution in [-0.4, -0.2) is 53.1 Å². The van der Waals surface area contributed by atoms with E-state index < -0.39 is 5.97 Å². The minimum atomic E-state index is -0.942. The van der Waals surface area contributed by atoms with Gasteiger partial charge in [-0.15, -0.1) is 0 Å². The first-order valence-corrected chi connectivity index (χ1v) is 8.19. The second kappa shape index (κ2) is 8.90. The average molecular weight is 298 g/mol. The van der Waals surface area contributed by atoms with Gasteiger partial charge in [0.1, 0.15) is 6.54 Å². The average Bonchev–Trinajstić information content (AvgIpc) is 2.62. The molecule has 1 fully saturated rings. The summed E-state index contributed by atoms with van der Waals surface area (Å²) < 4.78 is 0. The van der Waals surface area contributed by atoms with E-state index >= 15 is 0 Å². The highest BCUT2D eigenvalue weighted by Gasteiger charge is 2.26. The van der Waals surface area contributed by atoms with E-state index in [1.165, 1.54) is 24.2 Å². The highest BCUT2D eigenvalue weighted by atomic mass is 16.4. The number of hydrogen-bond donors (Lipinski definition) is 1. The molecule has 2 amide bonds. The zero-order valence-electron chi connectivity index (χ0n) is 13.7. The molecule has 0 spiro atoms. The molecule has 0 aliphatic carbocycles. The molecule has 1 atom stereocenters. The smallest absolute Gasteiger partial charge is 0.323 e. The van der Waals surface area contributed by atoms with Crippen LogP contribution in [0.15, 0.2) is 0 Å². The van der Waals surface area contributed by atoms with Crippen LogP contribution in [-0.2, 0) is 4.79 Å². The van der Waals surface area contributed by atoms with Crippen molar-refractivity contribution < 1.29 is 14.7 Å². The zero-order valence-corrected chi connectivity index (χ0v) is 13.7. The van der Waals surface area contributed by atoms with Gasteiger partial charge in [0.05, 0.1) is 0 Å². The molecule has 0 radical (unpaired) electrons. The fourth-order valence-corrected chi connectivity index (χ4v) is 3.07. The molecule has 1 aliphatic heterocycles. The number of carboxylic acids is 1. The topological polar surface area (TPSA) is 60.9 Å². The number of nitrogens with zero attached hydrogens (tertiary/aromatic N) is 2. The molecule has 5 nitrogen and oxygen atoms in total. The number of hydrogen-bond acceptors (Lipinski definition) is 2. The minimum absolute atomic E-state index is 0.108. The van der Waals surface area contributed by atoms with Crippen molar-refractivity contribution in [3.8, 4) is 0 Å². The summed E-state index contributed by atoms with van der Waals surface area (Å²) in [6, 6.07) is -0.108. The van der Waals surface area contributed by atoms with Crippen LogP contribution >= 0.6 is 0 Å². The maximum absolute atomic E-state index is 12.6. The van der Waals surface area contributed by atoms with Crippen molar-refractivity contribution in [3.05, 3.63) is 0 Å². The number of likely N-dealkylation sites (tertiary alicyclic amines) is 1. The van der Waals surface area contributed by atoms with Gasteiger partial charge < -0.3 is 14.9 Å². The van der Waals surface area contributed by atoms with Crippen molar-refractivity contribution in [1.29, 1.82) is 0 Å². The van der Waals surface area contributed by atoms with Crippen molar-refractivity contribution in [3.63, 3.8) is 0 Å². The molecule has 1 saturated heterocycles. The lowest BCUT2D eigenvalue weighted by Crippen LogP contribution is -2.47. The number of amides is 2. The van der Waals surface area contributed by atoms with Crippen LogP contribution in [0.2, 0.25) is 0 Å². The van der Waals surface area contributed by atoms with Crippen LogP contribution in [0, 0.1) is 11.8 Å². The van der Waals surface area contributed by atoms with Crippen molar-refractivity contribution >= 4 is 12.0 Å². The number of rotatable bonds is 6. The zero-order chi connectivity index (χ0) is 15.8. The molecule has 1 rings (SSSR count). The Morgan fingerprint density at radius 2 is 2.00 bits per heavy atom. The Kier molecular flexibility index (Phi) is 7.54. The van der Waals surface area contributed by atoms with Crippen molar-refractivity contribution in [2.75, 3.05) is 26.2 Å². The van der Waals surface area contributed by atoms with Crippen molar-refractivity contribution in [1.82, 2.24) is 9.80 Å². The Hall–Kier alpha value is -1.26. The van der Waals surface area contributed by atoms with E-state index in [-0.39, 0.29) is 18.5 Å². The van der Waals surface area contributed by atoms with Gasteiger partial charge in [-0.2, -0.15) is 0 Å². The van der Waals surface area contributed by atoms with E-state index in [1.807, 2.05) is 18.7 Å². The minimum Gasteiger partial charge on any atom is -0.480 e. The van der Waals surface area contributed by atoms with Crippen LogP contribution in [0.25, 0.3) is 0 Å². The fourth-order valence-electron chi connectivity index (χ4n) is 3.07. The molecular weight excluding hydrogens is 268 g/mol. The van der Waals surface area contributed by atoms with Gasteiger partial charge in [0, 0.05) is 19.6 Å². The van der Waals surface area contributed by atoms with E-state index in [1.54, 1.807) is 0 Å². The Balaban J connectivity index is 2.62. The van der Waals surface area contributed by atoms with Crippen molar-refractivity contribution in [2.45, 2.75) is 52.9 Å². The molecule has 0 bridgehead atoms. The van der Waals surface area contributed by atoms with Gasteiger partial charge in [-0.3, -0.25) is 4.79 Å². The molecule has 1 heterocycles. The highest BCUT2D eigenvalue weighted by molar-refractivity contribution is 5.80. The third kappa shape index (κ3) is 6.36. The van der Waals surface area contributed by atoms with Crippen LogP contribution < -0.4 is 0 Å². The van der Waals surface area contributed by atoms with Crippen LogP contribution in [0.5, 0.6) is 0 Å². The lowest BCUT2D eigenvalue weighted by molar-refractivity contribution is -0.137. The SMILES string of the molecule is CCCC1CCCN(C(=O)N(CC(=O)O)CC(C)C)CC1. The molecule has 0 saturated carbocycles. The molecule has 5 heteroatoms. The Bertz CT molecular complexity index is 344. The molecule has 0 aromatic carbocycles. The molecular formula is C16H30N2O3. The van der Waals surface area contributed by atoms with E-state index in [4.69, 9.17) is 5.11 Å². The summed E-state index contributed by atoms with van der Waals surface area (Å²) >= 11 is 0. The van der Waals surface area contributed by atoms with Crippen LogP contribution in [0.4, 0.5) is 4.79 Å². The second-order valence-electron chi connectivity index (χ2n) is 6.52. The first-order valence-electron chi connectivity index (χ1n) is 8.19. The summed E-state index contributed by atoms with van der Waals surface area (Å²) in [7, 11) is 0. The van der Waals surface area contributed by atoms with Crippen molar-refractivity contribution in [2.24, 2.45) is 11.8 Å². The Morgan fingerprint density at radius 1 is 1.29 bits per heavy atom. The monoisotopic (exact) mass is 298 g/mol. The Labute approximate surface area is 128 Å². The molecule has 1 N–H and O–H groups in total. The summed E-state index contributed by atoms with van der Waals surface area (Å²) in [5, 5.41) is 9.00. The summed E-state index contributed by atoms with van der Waals surface area (Å²) in [6.45, 7) is 8.02. The first-order chi connectivity index (χ1) is 9.93. The summed E-state index contributed by atoms with van der Waals surface area (Å²) in [4.78, 5) is 26.9. The number of aliphatic carboxylic acids is 1. The molecule has 1 unspecified atom stereocenters. The van der Waals surface area contributed by atoms with Crippen LogP contribution in [0.1, 0.15) is 52.9 Å². The summed E-state index contributed by atoms with van der Waals surface area (Å²) in [6.07, 6.45) is 5.67. The largest absolute Gasteiger partial charge is 0.480 e. The van der Waals surface area contributed by atoms with E-state index in [9.17, 15) is 9.59 Å². The second-order valence-corrected chi connectivity index (χ2v) is 6.52. The van der Waals surface area contributed by atoms with Gasteiger partial charge >= 0.3 is 12.0 Å². The van der Waals surface area contributed by atoms with Gasteiger partial charge in [-0.25, -0.2) is 4.79 Å². The predicted octanol–water partition coefficient (Wildman–Crippen LogP) is 3.05. The van der Waals surface area contributed by atoms with Gasteiger partial charge in [-0.1, -0.05) is 33.6 Å². The predicted molar refractivity (Wildman–Crippen MR) is 83.3 cm³/mol. The Morgan fingerprint density at radius 3 is 2.57 bits per heavy atom. The fraction of sp³-hybridized carbons (Fsp3) is 0.875. The number of urea groups is 1. The molecule has 0 aromatic heterocycles. The van der Waals surface area contributed by atoms with Gasteiger partial charge in [0.2, 0.25) is 0 Å². The first kappa shape index (κ1) is 17.8. The lowest BCUT2D eigenvalue weighted by Gasteiger charge is -2.30. The standard InChI is InChI=1S/C16H30N2O3/c1-4-6-14-7-5-9-17(10-8-14)16(21)18(11-13(2)3)12-15(19)20/h13-14H,4-12H2,1-3H3,(H,19,20). The third-order valence-corrected chi connectivity index (χ3v) is 4.00. The molecule has 0 aromatic rings. The van der Waals surface area contributed by atoms with E-state index in [2.05, 4.69) is 6.92 Å². The highest BCUT2D eigenvalue weighted by Crippen LogP contribution is 2.22. The molecule has 1 aliphatic rings. The summed E-state index contributed by atoms with van der Waals surface area (Å²) in [5.74, 6) is 0.0432. The van der Waals surface area contributed by atoms with Crippen LogP contribution in [0.3, 0.4) is 0 Å². The van der Waals surface area contributed by atoms with Gasteiger partial charge in [0.25, 0.3) is 0 Å². The molecule has 21 heavy (non-hydrogen) atoms. The van der Waals surface area contributed by atoms with E-state index in [0.29, 0.717) is 12.5 Å². The quantitative estimate of drug-likeness (QED) is 0.820. The number of carboxylic acid groups (broad SMARTS) is 1.